The average molecular weight is 188 g/mol. The molecule has 1 saturated heterocycles. The summed E-state index contributed by atoms with van der Waals surface area (Å²) >= 11 is 0. The Morgan fingerprint density at radius 2 is 1.92 bits per heavy atom. The van der Waals surface area contributed by atoms with Crippen molar-refractivity contribution in [3.8, 4) is 0 Å². The molecule has 2 unspecified atom stereocenters. The van der Waals surface area contributed by atoms with Crippen molar-refractivity contribution >= 4 is 0 Å². The van der Waals surface area contributed by atoms with E-state index in [1.54, 1.807) is 0 Å². The Morgan fingerprint density at radius 1 is 1.31 bits per heavy atom. The molecule has 0 aromatic heterocycles. The van der Waals surface area contributed by atoms with Gasteiger partial charge in [0.1, 0.15) is 0 Å². The molecule has 1 aliphatic rings. The number of aliphatic hydroxyl groups excluding tert-OH is 2. The molecule has 1 heterocycles. The van der Waals surface area contributed by atoms with Gasteiger partial charge in [-0.15, -0.1) is 0 Å². The van der Waals surface area contributed by atoms with Gasteiger partial charge in [0.15, 0.2) is 0 Å². The number of hydrogen-bond donors (Lipinski definition) is 2. The number of rotatable bonds is 4. The monoisotopic (exact) mass is 188 g/mol. The third-order valence-electron chi connectivity index (χ3n) is 2.73. The quantitative estimate of drug-likeness (QED) is 0.690. The standard InChI is InChI=1S/C10H20O3/c1-2-3-9(11)10(12)8-4-6-13-7-5-8/h8-12H,2-7H2,1H3. The molecule has 2 N–H and O–H groups in total. The van der Waals surface area contributed by atoms with Crippen LogP contribution >= 0.6 is 0 Å². The highest BCUT2D eigenvalue weighted by molar-refractivity contribution is 4.77. The molecular weight excluding hydrogens is 168 g/mol. The molecule has 0 saturated carbocycles. The topological polar surface area (TPSA) is 49.7 Å². The molecule has 78 valence electrons. The predicted molar refractivity (Wildman–Crippen MR) is 50.5 cm³/mol. The van der Waals surface area contributed by atoms with Crippen molar-refractivity contribution in [2.24, 2.45) is 5.92 Å². The van der Waals surface area contributed by atoms with Crippen molar-refractivity contribution < 1.29 is 14.9 Å². The van der Waals surface area contributed by atoms with Crippen molar-refractivity contribution in [1.29, 1.82) is 0 Å². The van der Waals surface area contributed by atoms with Crippen LogP contribution in [0.3, 0.4) is 0 Å². The minimum absolute atomic E-state index is 0.232. The van der Waals surface area contributed by atoms with Gasteiger partial charge in [-0.2, -0.15) is 0 Å². The van der Waals surface area contributed by atoms with E-state index in [1.165, 1.54) is 0 Å². The molecule has 3 heteroatoms. The summed E-state index contributed by atoms with van der Waals surface area (Å²) in [5, 5.41) is 19.3. The van der Waals surface area contributed by atoms with Crippen molar-refractivity contribution in [1.82, 2.24) is 0 Å². The highest BCUT2D eigenvalue weighted by atomic mass is 16.5. The highest BCUT2D eigenvalue weighted by Crippen LogP contribution is 2.22. The van der Waals surface area contributed by atoms with Crippen LogP contribution < -0.4 is 0 Å². The minimum Gasteiger partial charge on any atom is -0.390 e. The first-order chi connectivity index (χ1) is 6.25. The summed E-state index contributed by atoms with van der Waals surface area (Å²) in [7, 11) is 0. The van der Waals surface area contributed by atoms with E-state index < -0.39 is 12.2 Å². The van der Waals surface area contributed by atoms with E-state index in [0.717, 1.165) is 32.5 Å². The van der Waals surface area contributed by atoms with Gasteiger partial charge in [-0.3, -0.25) is 0 Å². The predicted octanol–water partition coefficient (Wildman–Crippen LogP) is 0.935. The van der Waals surface area contributed by atoms with Gasteiger partial charge < -0.3 is 14.9 Å². The number of aliphatic hydroxyl groups is 2. The van der Waals surface area contributed by atoms with Crippen LogP contribution in [0, 0.1) is 5.92 Å². The van der Waals surface area contributed by atoms with E-state index in [1.807, 2.05) is 6.92 Å². The first kappa shape index (κ1) is 11.0. The second-order valence-corrected chi connectivity index (χ2v) is 3.80. The zero-order valence-electron chi connectivity index (χ0n) is 8.28. The molecule has 0 aliphatic carbocycles. The van der Waals surface area contributed by atoms with Gasteiger partial charge in [0.05, 0.1) is 12.2 Å². The van der Waals surface area contributed by atoms with E-state index in [0.29, 0.717) is 6.42 Å². The Balaban J connectivity index is 2.31. The molecule has 0 spiro atoms. The molecule has 1 fully saturated rings. The van der Waals surface area contributed by atoms with Gasteiger partial charge in [0, 0.05) is 13.2 Å². The summed E-state index contributed by atoms with van der Waals surface area (Å²) in [5.41, 5.74) is 0. The third kappa shape index (κ3) is 3.25. The van der Waals surface area contributed by atoms with Crippen LogP contribution in [0.2, 0.25) is 0 Å². The van der Waals surface area contributed by atoms with Crippen LogP contribution in [0.15, 0.2) is 0 Å². The molecule has 0 aromatic carbocycles. The fourth-order valence-corrected chi connectivity index (χ4v) is 1.84. The van der Waals surface area contributed by atoms with Gasteiger partial charge in [-0.1, -0.05) is 13.3 Å². The Kier molecular flexibility index (Phi) is 4.70. The second kappa shape index (κ2) is 5.58. The fraction of sp³-hybridized carbons (Fsp3) is 1.00. The maximum Gasteiger partial charge on any atom is 0.0828 e. The van der Waals surface area contributed by atoms with Gasteiger partial charge in [-0.05, 0) is 25.2 Å². The fourth-order valence-electron chi connectivity index (χ4n) is 1.84. The summed E-state index contributed by atoms with van der Waals surface area (Å²) in [5.74, 6) is 0.232. The lowest BCUT2D eigenvalue weighted by atomic mass is 9.89. The van der Waals surface area contributed by atoms with Crippen LogP contribution in [-0.2, 0) is 4.74 Å². The Morgan fingerprint density at radius 3 is 2.46 bits per heavy atom. The molecule has 0 radical (unpaired) electrons. The zero-order chi connectivity index (χ0) is 9.68. The molecule has 1 rings (SSSR count). The van der Waals surface area contributed by atoms with E-state index in [2.05, 4.69) is 0 Å². The molecule has 1 aliphatic heterocycles. The van der Waals surface area contributed by atoms with Gasteiger partial charge in [-0.25, -0.2) is 0 Å². The van der Waals surface area contributed by atoms with Crippen LogP contribution in [-0.4, -0.2) is 35.6 Å². The summed E-state index contributed by atoms with van der Waals surface area (Å²) < 4.78 is 5.20. The van der Waals surface area contributed by atoms with Crippen LogP contribution in [0.4, 0.5) is 0 Å². The summed E-state index contributed by atoms with van der Waals surface area (Å²) in [6, 6.07) is 0. The lowest BCUT2D eigenvalue weighted by Gasteiger charge is -2.29. The zero-order valence-corrected chi connectivity index (χ0v) is 8.28. The van der Waals surface area contributed by atoms with Gasteiger partial charge in [0.2, 0.25) is 0 Å². The second-order valence-electron chi connectivity index (χ2n) is 3.80. The third-order valence-corrected chi connectivity index (χ3v) is 2.73. The van der Waals surface area contributed by atoms with E-state index >= 15 is 0 Å². The lowest BCUT2D eigenvalue weighted by molar-refractivity contribution is -0.0555. The lowest BCUT2D eigenvalue weighted by Crippen LogP contribution is -2.36. The Labute approximate surface area is 79.7 Å². The smallest absolute Gasteiger partial charge is 0.0828 e. The Bertz CT molecular complexity index is 132. The van der Waals surface area contributed by atoms with Crippen molar-refractivity contribution in [3.63, 3.8) is 0 Å². The van der Waals surface area contributed by atoms with Gasteiger partial charge in [0.25, 0.3) is 0 Å². The summed E-state index contributed by atoms with van der Waals surface area (Å²) in [6.45, 7) is 3.46. The van der Waals surface area contributed by atoms with Crippen molar-refractivity contribution in [3.05, 3.63) is 0 Å². The maximum absolute atomic E-state index is 9.77. The molecule has 3 nitrogen and oxygen atoms in total. The van der Waals surface area contributed by atoms with E-state index in [-0.39, 0.29) is 5.92 Å². The number of ether oxygens (including phenoxy) is 1. The van der Waals surface area contributed by atoms with E-state index in [9.17, 15) is 10.2 Å². The van der Waals surface area contributed by atoms with Crippen LogP contribution in [0.5, 0.6) is 0 Å². The molecule has 0 aromatic rings. The average Bonchev–Trinajstić information content (AvgIpc) is 2.18. The highest BCUT2D eigenvalue weighted by Gasteiger charge is 2.27. The minimum atomic E-state index is -0.552. The Hall–Kier alpha value is -0.120. The molecular formula is C10H20O3. The SMILES string of the molecule is CCCC(O)C(O)C1CCOCC1. The first-order valence-electron chi connectivity index (χ1n) is 5.19. The summed E-state index contributed by atoms with van der Waals surface area (Å²) in [6.07, 6.45) is 2.26. The molecule has 0 bridgehead atoms. The molecule has 2 atom stereocenters. The summed E-state index contributed by atoms with van der Waals surface area (Å²) in [4.78, 5) is 0. The maximum atomic E-state index is 9.77. The molecule has 0 amide bonds. The molecule has 13 heavy (non-hydrogen) atoms. The normalized spacial score (nSPS) is 24.2. The first-order valence-corrected chi connectivity index (χ1v) is 5.19. The van der Waals surface area contributed by atoms with Gasteiger partial charge >= 0.3 is 0 Å². The van der Waals surface area contributed by atoms with E-state index in [4.69, 9.17) is 4.74 Å². The van der Waals surface area contributed by atoms with Crippen LogP contribution in [0.1, 0.15) is 32.6 Å². The van der Waals surface area contributed by atoms with Crippen molar-refractivity contribution in [2.45, 2.75) is 44.8 Å². The number of hydrogen-bond acceptors (Lipinski definition) is 3. The van der Waals surface area contributed by atoms with Crippen molar-refractivity contribution in [2.75, 3.05) is 13.2 Å². The largest absolute Gasteiger partial charge is 0.390 e. The van der Waals surface area contributed by atoms with Crippen LogP contribution in [0.25, 0.3) is 0 Å².